The maximum Gasteiger partial charge on any atom is 0.0232 e. The van der Waals surface area contributed by atoms with Gasteiger partial charge in [0.1, 0.15) is 0 Å². The van der Waals surface area contributed by atoms with Crippen LogP contribution in [0.25, 0.3) is 0 Å². The predicted molar refractivity (Wildman–Crippen MR) is 61.7 cm³/mol. The van der Waals surface area contributed by atoms with Gasteiger partial charge in [-0.2, -0.15) is 0 Å². The molecule has 14 heavy (non-hydrogen) atoms. The van der Waals surface area contributed by atoms with Gasteiger partial charge in [-0.15, -0.1) is 0 Å². The van der Waals surface area contributed by atoms with Crippen LogP contribution in [0.3, 0.4) is 0 Å². The lowest BCUT2D eigenvalue weighted by molar-refractivity contribution is 0.237. The van der Waals surface area contributed by atoms with Gasteiger partial charge in [-0.25, -0.2) is 0 Å². The lowest BCUT2D eigenvalue weighted by Gasteiger charge is -2.23. The number of rotatable bonds is 6. The molecule has 1 N–H and O–H groups in total. The van der Waals surface area contributed by atoms with E-state index in [0.717, 1.165) is 12.6 Å². The van der Waals surface area contributed by atoms with Crippen LogP contribution >= 0.6 is 0 Å². The average molecular weight is 199 g/mol. The van der Waals surface area contributed by atoms with Gasteiger partial charge in [-0.3, -0.25) is 0 Å². The summed E-state index contributed by atoms with van der Waals surface area (Å²) < 4.78 is 0. The lowest BCUT2D eigenvalue weighted by atomic mass is 10.2. The minimum atomic E-state index is 0.801. The molecule has 3 heteroatoms. The highest BCUT2D eigenvalue weighted by Gasteiger charge is 2.22. The zero-order valence-electron chi connectivity index (χ0n) is 9.92. The van der Waals surface area contributed by atoms with Crippen molar-refractivity contribution in [3.63, 3.8) is 0 Å². The van der Waals surface area contributed by atoms with E-state index in [1.807, 2.05) is 7.05 Å². The maximum absolute atomic E-state index is 3.19. The smallest absolute Gasteiger partial charge is 0.0232 e. The first-order chi connectivity index (χ1) is 6.74. The van der Waals surface area contributed by atoms with Crippen LogP contribution in [0, 0.1) is 0 Å². The van der Waals surface area contributed by atoms with E-state index in [2.05, 4.69) is 29.2 Å². The normalized spacial score (nSPS) is 23.6. The topological polar surface area (TPSA) is 18.5 Å². The molecule has 0 aromatic rings. The molecule has 1 aliphatic rings. The highest BCUT2D eigenvalue weighted by Crippen LogP contribution is 2.12. The maximum atomic E-state index is 3.19. The number of hydrogen-bond acceptors (Lipinski definition) is 3. The second kappa shape index (κ2) is 6.38. The van der Waals surface area contributed by atoms with Gasteiger partial charge in [0.2, 0.25) is 0 Å². The van der Waals surface area contributed by atoms with Crippen molar-refractivity contribution in [2.45, 2.75) is 25.3 Å². The van der Waals surface area contributed by atoms with E-state index in [-0.39, 0.29) is 0 Å². The Bertz CT molecular complexity index is 149. The largest absolute Gasteiger partial charge is 0.320 e. The summed E-state index contributed by atoms with van der Waals surface area (Å²) in [7, 11) is 6.51. The van der Waals surface area contributed by atoms with Crippen molar-refractivity contribution in [3.05, 3.63) is 0 Å². The first kappa shape index (κ1) is 12.0. The van der Waals surface area contributed by atoms with Crippen LogP contribution < -0.4 is 5.32 Å². The predicted octanol–water partition coefficient (Wildman–Crippen LogP) is 0.622. The monoisotopic (exact) mass is 199 g/mol. The van der Waals surface area contributed by atoms with Gasteiger partial charge < -0.3 is 15.1 Å². The second-order valence-electron chi connectivity index (χ2n) is 4.50. The summed E-state index contributed by atoms with van der Waals surface area (Å²) in [4.78, 5) is 4.95. The molecule has 0 spiro atoms. The minimum Gasteiger partial charge on any atom is -0.320 e. The van der Waals surface area contributed by atoms with Crippen LogP contribution in [0.5, 0.6) is 0 Å². The van der Waals surface area contributed by atoms with Gasteiger partial charge in [-0.05, 0) is 60.0 Å². The number of nitrogens with zero attached hydrogens (tertiary/aromatic N) is 2. The quantitative estimate of drug-likeness (QED) is 0.633. The Balaban J connectivity index is 2.06. The summed E-state index contributed by atoms with van der Waals surface area (Å²) in [5.74, 6) is 0. The van der Waals surface area contributed by atoms with Gasteiger partial charge in [0.05, 0.1) is 0 Å². The fourth-order valence-electron chi connectivity index (χ4n) is 2.12. The fourth-order valence-corrected chi connectivity index (χ4v) is 2.12. The first-order valence-electron chi connectivity index (χ1n) is 5.77. The van der Waals surface area contributed by atoms with E-state index in [4.69, 9.17) is 0 Å². The van der Waals surface area contributed by atoms with E-state index in [1.165, 1.54) is 38.9 Å². The molecule has 0 amide bonds. The van der Waals surface area contributed by atoms with Crippen LogP contribution in [0.4, 0.5) is 0 Å². The molecule has 0 bridgehead atoms. The molecule has 3 nitrogen and oxygen atoms in total. The SMILES string of the molecule is CNCCCCN(C)C1CCN(C)C1. The molecule has 84 valence electrons. The number of likely N-dealkylation sites (N-methyl/N-ethyl adjacent to an activating group) is 2. The van der Waals surface area contributed by atoms with Crippen molar-refractivity contribution in [2.75, 3.05) is 47.3 Å². The third kappa shape index (κ3) is 3.95. The molecular weight excluding hydrogens is 174 g/mol. The number of nitrogens with one attached hydrogen (secondary N) is 1. The average Bonchev–Trinajstić information content (AvgIpc) is 2.59. The van der Waals surface area contributed by atoms with E-state index >= 15 is 0 Å². The molecule has 0 saturated carbocycles. The van der Waals surface area contributed by atoms with Crippen molar-refractivity contribution in [1.82, 2.24) is 15.1 Å². The minimum absolute atomic E-state index is 0.801. The lowest BCUT2D eigenvalue weighted by Crippen LogP contribution is -2.34. The van der Waals surface area contributed by atoms with Crippen LogP contribution in [-0.4, -0.2) is 63.2 Å². The summed E-state index contributed by atoms with van der Waals surface area (Å²) >= 11 is 0. The zero-order valence-corrected chi connectivity index (χ0v) is 9.92. The van der Waals surface area contributed by atoms with Crippen LogP contribution in [0.15, 0.2) is 0 Å². The molecule has 1 unspecified atom stereocenters. The molecule has 1 atom stereocenters. The zero-order chi connectivity index (χ0) is 10.4. The van der Waals surface area contributed by atoms with Gasteiger partial charge in [0.25, 0.3) is 0 Å². The molecule has 0 aromatic carbocycles. The Hall–Kier alpha value is -0.120. The molecular formula is C11H25N3. The van der Waals surface area contributed by atoms with Gasteiger partial charge in [-0.1, -0.05) is 0 Å². The van der Waals surface area contributed by atoms with Gasteiger partial charge in [0.15, 0.2) is 0 Å². The summed E-state index contributed by atoms with van der Waals surface area (Å²) in [5, 5.41) is 3.19. The molecule has 0 aromatic heterocycles. The fraction of sp³-hybridized carbons (Fsp3) is 1.00. The van der Waals surface area contributed by atoms with Crippen LogP contribution in [0.1, 0.15) is 19.3 Å². The van der Waals surface area contributed by atoms with E-state index in [9.17, 15) is 0 Å². The van der Waals surface area contributed by atoms with Crippen LogP contribution in [0.2, 0.25) is 0 Å². The molecule has 1 heterocycles. The van der Waals surface area contributed by atoms with Gasteiger partial charge in [0, 0.05) is 12.6 Å². The van der Waals surface area contributed by atoms with Crippen molar-refractivity contribution in [3.8, 4) is 0 Å². The third-order valence-corrected chi connectivity index (χ3v) is 3.18. The summed E-state index contributed by atoms with van der Waals surface area (Å²) in [6.45, 7) is 4.92. The Morgan fingerprint density at radius 1 is 1.43 bits per heavy atom. The number of hydrogen-bond donors (Lipinski definition) is 1. The summed E-state index contributed by atoms with van der Waals surface area (Å²) in [6.07, 6.45) is 3.96. The standard InChI is InChI=1S/C11H25N3/c1-12-7-4-5-8-14(3)11-6-9-13(2)10-11/h11-12H,4-10H2,1-3H3. The summed E-state index contributed by atoms with van der Waals surface area (Å²) in [6, 6.07) is 0.801. The molecule has 1 aliphatic heterocycles. The second-order valence-corrected chi connectivity index (χ2v) is 4.50. The van der Waals surface area contributed by atoms with Gasteiger partial charge >= 0.3 is 0 Å². The molecule has 0 radical (unpaired) electrons. The molecule has 1 fully saturated rings. The first-order valence-corrected chi connectivity index (χ1v) is 5.77. The third-order valence-electron chi connectivity index (χ3n) is 3.18. The number of unbranched alkanes of at least 4 members (excludes halogenated alkanes) is 1. The Labute approximate surface area is 88.5 Å². The molecule has 0 aliphatic carbocycles. The highest BCUT2D eigenvalue weighted by molar-refractivity contribution is 4.79. The van der Waals surface area contributed by atoms with Crippen molar-refractivity contribution >= 4 is 0 Å². The Morgan fingerprint density at radius 3 is 2.79 bits per heavy atom. The van der Waals surface area contributed by atoms with Crippen molar-refractivity contribution in [2.24, 2.45) is 0 Å². The van der Waals surface area contributed by atoms with Crippen molar-refractivity contribution in [1.29, 1.82) is 0 Å². The van der Waals surface area contributed by atoms with Crippen molar-refractivity contribution < 1.29 is 0 Å². The van der Waals surface area contributed by atoms with E-state index < -0.39 is 0 Å². The number of likely N-dealkylation sites (tertiary alicyclic amines) is 1. The highest BCUT2D eigenvalue weighted by atomic mass is 15.2. The Morgan fingerprint density at radius 2 is 2.21 bits per heavy atom. The van der Waals surface area contributed by atoms with Crippen LogP contribution in [-0.2, 0) is 0 Å². The van der Waals surface area contributed by atoms with E-state index in [0.29, 0.717) is 0 Å². The molecule has 1 rings (SSSR count). The van der Waals surface area contributed by atoms with E-state index in [1.54, 1.807) is 0 Å². The molecule has 1 saturated heterocycles. The Kier molecular flexibility index (Phi) is 5.45. The summed E-state index contributed by atoms with van der Waals surface area (Å²) in [5.41, 5.74) is 0.